The summed E-state index contributed by atoms with van der Waals surface area (Å²) in [5.74, 6) is -0.189. The lowest BCUT2D eigenvalue weighted by molar-refractivity contribution is -0.870. The van der Waals surface area contributed by atoms with Crippen molar-refractivity contribution in [3.8, 4) is 0 Å². The van der Waals surface area contributed by atoms with Gasteiger partial charge in [0.15, 0.2) is 0 Å². The summed E-state index contributed by atoms with van der Waals surface area (Å²) in [7, 11) is 1.55. The molecule has 3 N–H and O–H groups in total. The molecule has 0 rings (SSSR count). The standard InChI is InChI=1S/C62H119N2O6P/c1-6-8-10-12-14-16-18-20-22-23-24-25-26-27-28-29-30-31-32-33-34-35-36-37-38-39-40-41-42-44-46-48-50-52-54-56-62(66)63-60(59-70-71(67,68)69-58-57-64(3,4)5)61(65)55-53-51-49-47-45-43-21-19-17-15-13-11-9-7-2/h17,19,29-30,45,47,53,55,60-61,65H,6-16,18,20-28,31-44,46,48-52,54,56-59H2,1-5H3,(H-,63,66,67,68)/p+1/b19-17+,30-29-,47-45+,55-53+. The molecule has 71 heavy (non-hydrogen) atoms. The Morgan fingerprint density at radius 1 is 0.465 bits per heavy atom. The Morgan fingerprint density at radius 2 is 0.775 bits per heavy atom. The van der Waals surface area contributed by atoms with Crippen LogP contribution in [0.4, 0.5) is 0 Å². The highest BCUT2D eigenvalue weighted by Gasteiger charge is 2.27. The molecular formula is C62H120N2O6P+. The summed E-state index contributed by atoms with van der Waals surface area (Å²) in [5.41, 5.74) is 0. The van der Waals surface area contributed by atoms with Crippen molar-refractivity contribution in [1.82, 2.24) is 5.32 Å². The maximum absolute atomic E-state index is 13.0. The zero-order valence-corrected chi connectivity index (χ0v) is 48.6. The molecule has 0 radical (unpaired) electrons. The molecule has 0 bridgehead atoms. The van der Waals surface area contributed by atoms with Crippen LogP contribution in [0.3, 0.4) is 0 Å². The second-order valence-electron chi connectivity index (χ2n) is 22.1. The molecule has 0 aromatic heterocycles. The smallest absolute Gasteiger partial charge is 0.387 e. The van der Waals surface area contributed by atoms with E-state index >= 15 is 0 Å². The molecular weight excluding hydrogens is 900 g/mol. The number of likely N-dealkylation sites (N-methyl/N-ethyl adjacent to an activating group) is 1. The molecule has 0 aromatic rings. The van der Waals surface area contributed by atoms with Crippen LogP contribution in [-0.2, 0) is 18.4 Å². The van der Waals surface area contributed by atoms with Crippen molar-refractivity contribution in [1.29, 1.82) is 0 Å². The lowest BCUT2D eigenvalue weighted by atomic mass is 10.0. The molecule has 0 aliphatic carbocycles. The fourth-order valence-corrected chi connectivity index (χ4v) is 9.69. The number of rotatable bonds is 56. The average Bonchev–Trinajstić information content (AvgIpc) is 3.33. The molecule has 1 amide bonds. The highest BCUT2D eigenvalue weighted by atomic mass is 31.2. The Bertz CT molecular complexity index is 1290. The van der Waals surface area contributed by atoms with E-state index < -0.39 is 20.0 Å². The molecule has 0 saturated carbocycles. The number of carbonyl (C=O) groups excluding carboxylic acids is 1. The molecule has 8 nitrogen and oxygen atoms in total. The van der Waals surface area contributed by atoms with Crippen molar-refractivity contribution in [3.05, 3.63) is 48.6 Å². The van der Waals surface area contributed by atoms with E-state index in [0.717, 1.165) is 44.9 Å². The van der Waals surface area contributed by atoms with Crippen molar-refractivity contribution in [3.63, 3.8) is 0 Å². The van der Waals surface area contributed by atoms with E-state index in [4.69, 9.17) is 9.05 Å². The lowest BCUT2D eigenvalue weighted by Crippen LogP contribution is -2.45. The molecule has 0 fully saturated rings. The van der Waals surface area contributed by atoms with Crippen LogP contribution in [-0.4, -0.2) is 73.4 Å². The zero-order chi connectivity index (χ0) is 52.0. The fraction of sp³-hybridized carbons (Fsp3) is 0.855. The normalized spacial score (nSPS) is 14.2. The highest BCUT2D eigenvalue weighted by Crippen LogP contribution is 2.43. The predicted octanol–water partition coefficient (Wildman–Crippen LogP) is 18.7. The minimum Gasteiger partial charge on any atom is -0.387 e. The van der Waals surface area contributed by atoms with Crippen LogP contribution in [0.15, 0.2) is 48.6 Å². The van der Waals surface area contributed by atoms with E-state index in [1.807, 2.05) is 27.2 Å². The predicted molar refractivity (Wildman–Crippen MR) is 309 cm³/mol. The van der Waals surface area contributed by atoms with Gasteiger partial charge in [0.25, 0.3) is 0 Å². The zero-order valence-electron chi connectivity index (χ0n) is 47.7. The van der Waals surface area contributed by atoms with Crippen LogP contribution in [0.1, 0.15) is 290 Å². The van der Waals surface area contributed by atoms with Gasteiger partial charge in [-0.1, -0.05) is 262 Å². The summed E-state index contributed by atoms with van der Waals surface area (Å²) in [6.07, 6.45) is 71.1. The summed E-state index contributed by atoms with van der Waals surface area (Å²) >= 11 is 0. The number of aliphatic hydroxyl groups is 1. The van der Waals surface area contributed by atoms with Gasteiger partial charge in [-0.15, -0.1) is 0 Å². The molecule has 0 aliphatic heterocycles. The Balaban J connectivity index is 3.99. The molecule has 0 spiro atoms. The number of nitrogens with one attached hydrogen (secondary N) is 1. The first-order valence-corrected chi connectivity index (χ1v) is 32.0. The van der Waals surface area contributed by atoms with Crippen molar-refractivity contribution in [2.24, 2.45) is 0 Å². The third kappa shape index (κ3) is 56.0. The number of unbranched alkanes of at least 4 members (excludes halogenated alkanes) is 37. The SMILES string of the molecule is CCCCCC/C=C/CC/C=C/CC/C=C/C(O)C(COP(=O)(O)OCC[N+](C)(C)C)NC(=O)CCCCCCCCCCCCCCCCCCC/C=C\CCCCCCCCCCCCCCCC. The third-order valence-corrected chi connectivity index (χ3v) is 14.7. The van der Waals surface area contributed by atoms with Gasteiger partial charge in [-0.2, -0.15) is 0 Å². The number of carbonyl (C=O) groups is 1. The summed E-state index contributed by atoms with van der Waals surface area (Å²) < 4.78 is 23.6. The summed E-state index contributed by atoms with van der Waals surface area (Å²) in [6, 6.07) is -0.869. The van der Waals surface area contributed by atoms with Crippen molar-refractivity contribution >= 4 is 13.7 Å². The van der Waals surface area contributed by atoms with Crippen LogP contribution in [0.2, 0.25) is 0 Å². The second kappa shape index (κ2) is 53.3. The number of hydrogen-bond donors (Lipinski definition) is 3. The van der Waals surface area contributed by atoms with Crippen LogP contribution < -0.4 is 5.32 Å². The maximum Gasteiger partial charge on any atom is 0.472 e. The van der Waals surface area contributed by atoms with Gasteiger partial charge in [0.1, 0.15) is 13.2 Å². The number of quaternary nitrogens is 1. The maximum atomic E-state index is 13.0. The van der Waals surface area contributed by atoms with E-state index in [9.17, 15) is 19.4 Å². The van der Waals surface area contributed by atoms with Gasteiger partial charge in [0.05, 0.1) is 39.9 Å². The monoisotopic (exact) mass is 1020 g/mol. The first-order chi connectivity index (χ1) is 34.5. The molecule has 0 aromatic carbocycles. The van der Waals surface area contributed by atoms with Gasteiger partial charge in [0, 0.05) is 6.42 Å². The van der Waals surface area contributed by atoms with E-state index in [1.165, 1.54) is 225 Å². The van der Waals surface area contributed by atoms with Crippen molar-refractivity contribution in [2.45, 2.75) is 302 Å². The molecule has 9 heteroatoms. The van der Waals surface area contributed by atoms with Crippen molar-refractivity contribution in [2.75, 3.05) is 40.9 Å². The first kappa shape index (κ1) is 69.5. The summed E-state index contributed by atoms with van der Waals surface area (Å²) in [5, 5.41) is 13.9. The molecule has 0 aliphatic rings. The van der Waals surface area contributed by atoms with Gasteiger partial charge in [-0.3, -0.25) is 13.8 Å². The van der Waals surface area contributed by atoms with E-state index in [0.29, 0.717) is 17.4 Å². The van der Waals surface area contributed by atoms with E-state index in [2.05, 4.69) is 55.6 Å². The molecule has 3 unspecified atom stereocenters. The number of phosphoric acid groups is 1. The molecule has 3 atom stereocenters. The number of allylic oxidation sites excluding steroid dienone is 7. The largest absolute Gasteiger partial charge is 0.472 e. The van der Waals surface area contributed by atoms with Crippen LogP contribution in [0.5, 0.6) is 0 Å². The molecule has 0 heterocycles. The first-order valence-electron chi connectivity index (χ1n) is 30.5. The van der Waals surface area contributed by atoms with Crippen LogP contribution >= 0.6 is 7.82 Å². The number of hydrogen-bond acceptors (Lipinski definition) is 5. The van der Waals surface area contributed by atoms with Gasteiger partial charge >= 0.3 is 7.82 Å². The van der Waals surface area contributed by atoms with Gasteiger partial charge in [-0.05, 0) is 70.6 Å². The topological polar surface area (TPSA) is 105 Å². The Morgan fingerprint density at radius 3 is 1.14 bits per heavy atom. The van der Waals surface area contributed by atoms with Crippen molar-refractivity contribution < 1.29 is 32.9 Å². The Kier molecular flexibility index (Phi) is 52.1. The van der Waals surface area contributed by atoms with Crippen LogP contribution in [0, 0.1) is 0 Å². The quantitative estimate of drug-likeness (QED) is 0.0243. The minimum atomic E-state index is -4.36. The number of aliphatic hydroxyl groups excluding tert-OH is 1. The fourth-order valence-electron chi connectivity index (χ4n) is 8.95. The second-order valence-corrected chi connectivity index (χ2v) is 23.5. The van der Waals surface area contributed by atoms with Gasteiger partial charge in [0.2, 0.25) is 5.91 Å². The highest BCUT2D eigenvalue weighted by molar-refractivity contribution is 7.47. The number of amides is 1. The van der Waals surface area contributed by atoms with Gasteiger partial charge in [-0.25, -0.2) is 4.57 Å². The van der Waals surface area contributed by atoms with Gasteiger partial charge < -0.3 is 19.8 Å². The summed E-state index contributed by atoms with van der Waals surface area (Å²) in [6.45, 7) is 4.79. The van der Waals surface area contributed by atoms with E-state index in [-0.39, 0.29) is 19.1 Å². The number of phosphoric ester groups is 1. The average molecular weight is 1020 g/mol. The minimum absolute atomic E-state index is 0.0537. The third-order valence-electron chi connectivity index (χ3n) is 13.7. The Labute approximate surface area is 441 Å². The summed E-state index contributed by atoms with van der Waals surface area (Å²) in [4.78, 5) is 23.3. The lowest BCUT2D eigenvalue weighted by Gasteiger charge is -2.25. The number of nitrogens with zero attached hydrogens (tertiary/aromatic N) is 1. The van der Waals surface area contributed by atoms with E-state index in [1.54, 1.807) is 6.08 Å². The van der Waals surface area contributed by atoms with Crippen LogP contribution in [0.25, 0.3) is 0 Å². The molecule has 0 saturated heterocycles. The molecule has 418 valence electrons. The Hall–Kier alpha value is -1.54.